The quantitative estimate of drug-likeness (QED) is 0.608. The van der Waals surface area contributed by atoms with Crippen LogP contribution in [0.25, 0.3) is 0 Å². The lowest BCUT2D eigenvalue weighted by Gasteiger charge is -2.36. The Hall–Kier alpha value is -2.47. The van der Waals surface area contributed by atoms with Crippen molar-refractivity contribution in [1.29, 1.82) is 0 Å². The third-order valence-corrected chi connectivity index (χ3v) is 5.69. The summed E-state index contributed by atoms with van der Waals surface area (Å²) in [6, 6.07) is 16.8. The van der Waals surface area contributed by atoms with E-state index < -0.39 is 0 Å². The number of furan rings is 1. The Balaban J connectivity index is 1.36. The minimum Gasteiger partial charge on any atom is -0.459 e. The van der Waals surface area contributed by atoms with Gasteiger partial charge in [-0.05, 0) is 42.0 Å². The Morgan fingerprint density at radius 1 is 0.966 bits per heavy atom. The lowest BCUT2D eigenvalue weighted by atomic mass is 10.2. The van der Waals surface area contributed by atoms with Gasteiger partial charge in [0.1, 0.15) is 0 Å². The molecule has 0 saturated carbocycles. The van der Waals surface area contributed by atoms with Gasteiger partial charge in [-0.2, -0.15) is 0 Å². The van der Waals surface area contributed by atoms with Crippen molar-refractivity contribution < 1.29 is 9.21 Å². The van der Waals surface area contributed by atoms with Crippen LogP contribution in [0, 0.1) is 0 Å². The van der Waals surface area contributed by atoms with Crippen LogP contribution in [0.1, 0.15) is 16.1 Å². The van der Waals surface area contributed by atoms with Crippen molar-refractivity contribution >= 4 is 40.5 Å². The smallest absolute Gasteiger partial charge is 0.291 e. The van der Waals surface area contributed by atoms with E-state index in [1.54, 1.807) is 18.2 Å². The summed E-state index contributed by atoms with van der Waals surface area (Å²) >= 11 is 12.8. The predicted molar refractivity (Wildman–Crippen MR) is 117 cm³/mol. The number of carbonyl (C=O) groups is 1. The number of amides is 1. The predicted octanol–water partition coefficient (Wildman–Crippen LogP) is 5.16. The van der Waals surface area contributed by atoms with E-state index in [4.69, 9.17) is 27.6 Å². The highest BCUT2D eigenvalue weighted by Gasteiger charge is 2.20. The number of carbonyl (C=O) groups excluding carboxylic acids is 1. The first-order valence-corrected chi connectivity index (χ1v) is 10.2. The van der Waals surface area contributed by atoms with Gasteiger partial charge in [0.25, 0.3) is 5.91 Å². The topological polar surface area (TPSA) is 48.7 Å². The van der Waals surface area contributed by atoms with Crippen molar-refractivity contribution in [3.05, 3.63) is 82.2 Å². The number of piperazine rings is 1. The number of hydrogen-bond acceptors (Lipinski definition) is 4. The van der Waals surface area contributed by atoms with Crippen LogP contribution in [-0.4, -0.2) is 37.0 Å². The molecule has 0 spiro atoms. The van der Waals surface area contributed by atoms with Gasteiger partial charge in [0.05, 0.1) is 17.0 Å². The summed E-state index contributed by atoms with van der Waals surface area (Å²) in [6.45, 7) is 4.46. The van der Waals surface area contributed by atoms with Gasteiger partial charge in [0.2, 0.25) is 0 Å². The second-order valence-electron chi connectivity index (χ2n) is 6.95. The summed E-state index contributed by atoms with van der Waals surface area (Å²) in [5.74, 6) is -0.0353. The van der Waals surface area contributed by atoms with E-state index >= 15 is 0 Å². The van der Waals surface area contributed by atoms with Crippen LogP contribution < -0.4 is 10.2 Å². The van der Waals surface area contributed by atoms with Gasteiger partial charge in [0, 0.05) is 43.4 Å². The normalized spacial score (nSPS) is 14.8. The van der Waals surface area contributed by atoms with Gasteiger partial charge < -0.3 is 14.6 Å². The number of nitrogens with zero attached hydrogens (tertiary/aromatic N) is 2. The molecule has 1 aliphatic heterocycles. The Labute approximate surface area is 179 Å². The van der Waals surface area contributed by atoms with Crippen molar-refractivity contribution in [1.82, 2.24) is 4.90 Å². The van der Waals surface area contributed by atoms with E-state index in [9.17, 15) is 4.79 Å². The van der Waals surface area contributed by atoms with Crippen LogP contribution in [0.15, 0.2) is 65.3 Å². The zero-order chi connectivity index (χ0) is 20.2. The molecule has 1 saturated heterocycles. The molecule has 5 nitrogen and oxygen atoms in total. The molecule has 0 unspecified atom stereocenters. The first-order valence-electron chi connectivity index (χ1n) is 9.45. The number of benzene rings is 2. The number of nitrogens with one attached hydrogen (secondary N) is 1. The first-order chi connectivity index (χ1) is 14.1. The highest BCUT2D eigenvalue weighted by Crippen LogP contribution is 2.30. The van der Waals surface area contributed by atoms with Crippen molar-refractivity contribution in [2.24, 2.45) is 0 Å². The largest absolute Gasteiger partial charge is 0.459 e. The van der Waals surface area contributed by atoms with Gasteiger partial charge >= 0.3 is 0 Å². The molecular weight excluding hydrogens is 409 g/mol. The van der Waals surface area contributed by atoms with Crippen LogP contribution >= 0.6 is 23.2 Å². The van der Waals surface area contributed by atoms with Gasteiger partial charge in [-0.1, -0.05) is 41.4 Å². The van der Waals surface area contributed by atoms with E-state index in [2.05, 4.69) is 21.2 Å². The van der Waals surface area contributed by atoms with Gasteiger partial charge in [-0.3, -0.25) is 9.69 Å². The SMILES string of the molecule is O=C(Nc1ccc(N2CCN(Cc3ccccc3Cl)CC2)c(Cl)c1)c1ccco1. The van der Waals surface area contributed by atoms with E-state index in [0.29, 0.717) is 10.7 Å². The molecule has 1 amide bonds. The van der Waals surface area contributed by atoms with E-state index in [1.807, 2.05) is 30.3 Å². The molecule has 2 heterocycles. The maximum Gasteiger partial charge on any atom is 0.291 e. The molecule has 150 valence electrons. The highest BCUT2D eigenvalue weighted by atomic mass is 35.5. The lowest BCUT2D eigenvalue weighted by molar-refractivity contribution is 0.0996. The monoisotopic (exact) mass is 429 g/mol. The van der Waals surface area contributed by atoms with Crippen LogP contribution in [0.3, 0.4) is 0 Å². The third kappa shape index (κ3) is 4.75. The minimum absolute atomic E-state index is 0.264. The van der Waals surface area contributed by atoms with Crippen LogP contribution in [0.5, 0.6) is 0 Å². The fourth-order valence-electron chi connectivity index (χ4n) is 3.46. The van der Waals surface area contributed by atoms with Crippen LogP contribution in [0.2, 0.25) is 10.0 Å². The molecule has 2 aromatic carbocycles. The standard InChI is InChI=1S/C22H21Cl2N3O2/c23-18-5-2-1-4-16(18)15-26-9-11-27(12-10-26)20-8-7-17(14-19(20)24)25-22(28)21-6-3-13-29-21/h1-8,13-14H,9-12,15H2,(H,25,28). The van der Waals surface area contributed by atoms with Crippen molar-refractivity contribution in [2.75, 3.05) is 36.4 Å². The molecule has 0 bridgehead atoms. The number of halogens is 2. The fourth-order valence-corrected chi connectivity index (χ4v) is 3.95. The molecular formula is C22H21Cl2N3O2. The summed E-state index contributed by atoms with van der Waals surface area (Å²) in [6.07, 6.45) is 1.47. The molecule has 29 heavy (non-hydrogen) atoms. The summed E-state index contributed by atoms with van der Waals surface area (Å²) < 4.78 is 5.11. The molecule has 0 aliphatic carbocycles. The highest BCUT2D eigenvalue weighted by molar-refractivity contribution is 6.33. The van der Waals surface area contributed by atoms with Gasteiger partial charge in [-0.15, -0.1) is 0 Å². The Bertz CT molecular complexity index is 983. The molecule has 0 radical (unpaired) electrons. The van der Waals surface area contributed by atoms with Crippen LogP contribution in [0.4, 0.5) is 11.4 Å². The second-order valence-corrected chi connectivity index (χ2v) is 7.77. The van der Waals surface area contributed by atoms with Crippen molar-refractivity contribution in [2.45, 2.75) is 6.54 Å². The summed E-state index contributed by atoms with van der Waals surface area (Å²) in [7, 11) is 0. The maximum absolute atomic E-state index is 12.1. The Morgan fingerprint density at radius 3 is 2.45 bits per heavy atom. The summed E-state index contributed by atoms with van der Waals surface area (Å²) in [5, 5.41) is 4.22. The van der Waals surface area contributed by atoms with E-state index in [0.717, 1.165) is 49.0 Å². The number of anilines is 2. The summed E-state index contributed by atoms with van der Waals surface area (Å²) in [4.78, 5) is 16.8. The Morgan fingerprint density at radius 2 is 1.76 bits per heavy atom. The maximum atomic E-state index is 12.1. The lowest BCUT2D eigenvalue weighted by Crippen LogP contribution is -2.46. The summed E-state index contributed by atoms with van der Waals surface area (Å²) in [5.41, 5.74) is 2.76. The average molecular weight is 430 g/mol. The first kappa shape index (κ1) is 19.8. The molecule has 1 aromatic heterocycles. The molecule has 3 aromatic rings. The fraction of sp³-hybridized carbons (Fsp3) is 0.227. The van der Waals surface area contributed by atoms with E-state index in [1.165, 1.54) is 6.26 Å². The molecule has 1 fully saturated rings. The van der Waals surface area contributed by atoms with E-state index in [-0.39, 0.29) is 11.7 Å². The zero-order valence-electron chi connectivity index (χ0n) is 15.8. The van der Waals surface area contributed by atoms with Crippen molar-refractivity contribution in [3.63, 3.8) is 0 Å². The van der Waals surface area contributed by atoms with Crippen molar-refractivity contribution in [3.8, 4) is 0 Å². The average Bonchev–Trinajstić information content (AvgIpc) is 3.26. The molecule has 4 rings (SSSR count). The number of hydrogen-bond donors (Lipinski definition) is 1. The van der Waals surface area contributed by atoms with Gasteiger partial charge in [-0.25, -0.2) is 0 Å². The second kappa shape index (κ2) is 8.91. The molecule has 1 aliphatic rings. The van der Waals surface area contributed by atoms with Crippen LogP contribution in [-0.2, 0) is 6.54 Å². The number of rotatable bonds is 5. The zero-order valence-corrected chi connectivity index (χ0v) is 17.3. The Kier molecular flexibility index (Phi) is 6.09. The molecule has 1 N–H and O–H groups in total. The third-order valence-electron chi connectivity index (χ3n) is 5.02. The van der Waals surface area contributed by atoms with Gasteiger partial charge in [0.15, 0.2) is 5.76 Å². The molecule has 0 atom stereocenters. The molecule has 7 heteroatoms. The minimum atomic E-state index is -0.299.